The highest BCUT2D eigenvalue weighted by Gasteiger charge is 2.09. The Balaban J connectivity index is 0.00000225. The van der Waals surface area contributed by atoms with E-state index in [2.05, 4.69) is 43.1 Å². The fourth-order valence-electron chi connectivity index (χ4n) is 2.78. The third kappa shape index (κ3) is 4.69. The van der Waals surface area contributed by atoms with Gasteiger partial charge in [-0.3, -0.25) is 4.79 Å². The summed E-state index contributed by atoms with van der Waals surface area (Å²) in [4.78, 5) is 15.3. The number of aromatic nitrogens is 2. The molecule has 0 saturated carbocycles. The number of carbonyl (C=O) groups is 1. The summed E-state index contributed by atoms with van der Waals surface area (Å²) in [5, 5.41) is 1.15. The molecule has 0 fully saturated rings. The van der Waals surface area contributed by atoms with Crippen molar-refractivity contribution in [2.75, 3.05) is 0 Å². The van der Waals surface area contributed by atoms with Gasteiger partial charge in [-0.15, -0.1) is 0 Å². The van der Waals surface area contributed by atoms with Gasteiger partial charge in [0, 0.05) is 22.5 Å². The second-order valence-electron chi connectivity index (χ2n) is 6.51. The number of aryl methyl sites for hydroxylation is 1. The van der Waals surface area contributed by atoms with E-state index in [-0.39, 0.29) is 26.4 Å². The molecule has 0 unspecified atom stereocenters. The van der Waals surface area contributed by atoms with Gasteiger partial charge in [-0.25, -0.2) is 4.57 Å². The van der Waals surface area contributed by atoms with Gasteiger partial charge in [0.05, 0.1) is 12.1 Å². The number of ether oxygens (including phenoxy) is 1. The fraction of sp³-hybridized carbons (Fsp3) is 0.333. The molecule has 1 aromatic carbocycles. The number of carbonyl (C=O) groups excluding carboxylic acids is 1. The largest absolute Gasteiger partial charge is 0.459 e. The molecular formula is C21H27N2O2+. The molecule has 0 aliphatic carbocycles. The van der Waals surface area contributed by atoms with Crippen molar-refractivity contribution < 1.29 is 14.1 Å². The molecule has 0 radical (unpaired) electrons. The molecular weight excluding hydrogens is 312 g/mol. The minimum absolute atomic E-state index is 0. The van der Waals surface area contributed by atoms with E-state index in [0.29, 0.717) is 5.92 Å². The molecule has 3 aromatic rings. The van der Waals surface area contributed by atoms with E-state index in [1.165, 1.54) is 5.56 Å². The Hall–Kier alpha value is -2.62. The molecule has 132 valence electrons. The van der Waals surface area contributed by atoms with Crippen LogP contribution in [0, 0.1) is 0 Å². The minimum Gasteiger partial charge on any atom is -0.459 e. The molecule has 2 aromatic heterocycles. The number of hydrogen-bond donors (Lipinski definition) is 1. The van der Waals surface area contributed by atoms with Crippen molar-refractivity contribution >= 4 is 16.9 Å². The predicted octanol–water partition coefficient (Wildman–Crippen LogP) is 4.04. The first kappa shape index (κ1) is 18.7. The second-order valence-corrected chi connectivity index (χ2v) is 6.51. The van der Waals surface area contributed by atoms with E-state index >= 15 is 0 Å². The number of H-pyrrole nitrogens is 1. The highest BCUT2D eigenvalue weighted by atomic mass is 16.5. The zero-order valence-corrected chi connectivity index (χ0v) is 14.4. The number of benzene rings is 1. The summed E-state index contributed by atoms with van der Waals surface area (Å²) in [5.74, 6) is 0.278. The minimum atomic E-state index is -0.220. The van der Waals surface area contributed by atoms with Crippen molar-refractivity contribution in [3.05, 3.63) is 65.6 Å². The summed E-state index contributed by atoms with van der Waals surface area (Å²) in [5.41, 5.74) is 4.24. The number of esters is 1. The van der Waals surface area contributed by atoms with Crippen LogP contribution in [0.1, 0.15) is 44.0 Å². The van der Waals surface area contributed by atoms with Crippen LogP contribution in [0.5, 0.6) is 0 Å². The van der Waals surface area contributed by atoms with Crippen molar-refractivity contribution in [2.24, 2.45) is 7.05 Å². The molecule has 2 heterocycles. The van der Waals surface area contributed by atoms with Gasteiger partial charge < -0.3 is 9.72 Å². The van der Waals surface area contributed by atoms with Crippen molar-refractivity contribution in [3.63, 3.8) is 0 Å². The lowest BCUT2D eigenvalue weighted by atomic mass is 10.0. The Morgan fingerprint density at radius 1 is 1.24 bits per heavy atom. The monoisotopic (exact) mass is 339 g/mol. The molecule has 0 bridgehead atoms. The summed E-state index contributed by atoms with van der Waals surface area (Å²) in [6, 6.07) is 12.3. The molecule has 0 aliphatic heterocycles. The molecule has 0 atom stereocenters. The molecule has 0 saturated heterocycles. The van der Waals surface area contributed by atoms with Crippen molar-refractivity contribution in [1.82, 2.24) is 4.98 Å². The molecule has 1 N–H and O–H groups in total. The second kappa shape index (κ2) is 7.97. The van der Waals surface area contributed by atoms with Gasteiger partial charge in [-0.2, -0.15) is 0 Å². The lowest BCUT2D eigenvalue weighted by Crippen LogP contribution is -2.27. The maximum atomic E-state index is 12.0. The smallest absolute Gasteiger partial charge is 0.310 e. The lowest BCUT2D eigenvalue weighted by molar-refractivity contribution is -0.671. The van der Waals surface area contributed by atoms with E-state index in [1.54, 1.807) is 0 Å². The van der Waals surface area contributed by atoms with Crippen molar-refractivity contribution in [3.8, 4) is 0 Å². The van der Waals surface area contributed by atoms with Crippen LogP contribution in [0.4, 0.5) is 0 Å². The van der Waals surface area contributed by atoms with Gasteiger partial charge in [-0.05, 0) is 35.7 Å². The number of pyridine rings is 1. The normalized spacial score (nSPS) is 10.7. The number of nitrogens with one attached hydrogen (secondary N) is 1. The van der Waals surface area contributed by atoms with E-state index in [0.717, 1.165) is 22.2 Å². The maximum Gasteiger partial charge on any atom is 0.310 e. The van der Waals surface area contributed by atoms with Crippen LogP contribution in [0.15, 0.2) is 48.8 Å². The maximum absolute atomic E-state index is 12.0. The van der Waals surface area contributed by atoms with Gasteiger partial charge in [0.15, 0.2) is 12.4 Å². The quantitative estimate of drug-likeness (QED) is 0.563. The average molecular weight is 339 g/mol. The van der Waals surface area contributed by atoms with E-state index in [4.69, 9.17) is 4.74 Å². The zero-order valence-electron chi connectivity index (χ0n) is 14.4. The van der Waals surface area contributed by atoms with Crippen molar-refractivity contribution in [2.45, 2.75) is 40.2 Å². The summed E-state index contributed by atoms with van der Waals surface area (Å²) in [6.07, 6.45) is 4.15. The molecule has 3 rings (SSSR count). The van der Waals surface area contributed by atoms with Crippen LogP contribution in [0.3, 0.4) is 0 Å². The van der Waals surface area contributed by atoms with Gasteiger partial charge in [-0.1, -0.05) is 27.3 Å². The molecule has 0 amide bonds. The molecule has 0 spiro atoms. The number of fused-ring (bicyclic) bond motifs is 1. The molecule has 4 heteroatoms. The van der Waals surface area contributed by atoms with Crippen LogP contribution in [0.2, 0.25) is 0 Å². The highest BCUT2D eigenvalue weighted by Crippen LogP contribution is 2.22. The standard InChI is InChI=1S/C20H23N2O2.CH4/c1-14(2)16-6-7-19-17(10-16)11-18(21-19)13-24-20(23)9-15-5-4-8-22(3)12-15;/h4-8,10-12,14,21H,9,13H2,1-3H3;1H4/q+1;. The third-order valence-corrected chi connectivity index (χ3v) is 4.11. The Morgan fingerprint density at radius 3 is 2.76 bits per heavy atom. The number of hydrogen-bond acceptors (Lipinski definition) is 2. The fourth-order valence-corrected chi connectivity index (χ4v) is 2.78. The first-order chi connectivity index (χ1) is 11.5. The number of nitrogens with zero attached hydrogens (tertiary/aromatic N) is 1. The summed E-state index contributed by atoms with van der Waals surface area (Å²) in [7, 11) is 1.94. The van der Waals surface area contributed by atoms with Crippen LogP contribution >= 0.6 is 0 Å². The van der Waals surface area contributed by atoms with E-state index < -0.39 is 0 Å². The van der Waals surface area contributed by atoms with Gasteiger partial charge >= 0.3 is 5.97 Å². The Morgan fingerprint density at radius 2 is 2.04 bits per heavy atom. The SMILES string of the molecule is C.CC(C)c1ccc2[nH]c(COC(=O)Cc3ccc[n+](C)c3)cc2c1. The summed E-state index contributed by atoms with van der Waals surface area (Å²) < 4.78 is 7.32. The molecule has 25 heavy (non-hydrogen) atoms. The first-order valence-corrected chi connectivity index (χ1v) is 8.22. The predicted molar refractivity (Wildman–Crippen MR) is 100 cm³/mol. The van der Waals surface area contributed by atoms with Gasteiger partial charge in [0.1, 0.15) is 13.7 Å². The first-order valence-electron chi connectivity index (χ1n) is 8.22. The number of rotatable bonds is 5. The Labute approximate surface area is 149 Å². The van der Waals surface area contributed by atoms with Crippen molar-refractivity contribution in [1.29, 1.82) is 0 Å². The zero-order chi connectivity index (χ0) is 17.1. The summed E-state index contributed by atoms with van der Waals surface area (Å²) >= 11 is 0. The molecule has 4 nitrogen and oxygen atoms in total. The molecule has 0 aliphatic rings. The van der Waals surface area contributed by atoms with Gasteiger partial charge in [0.2, 0.25) is 0 Å². The lowest BCUT2D eigenvalue weighted by Gasteiger charge is -2.03. The average Bonchev–Trinajstić information content (AvgIpc) is 2.95. The summed E-state index contributed by atoms with van der Waals surface area (Å²) in [6.45, 7) is 4.63. The van der Waals surface area contributed by atoms with Crippen LogP contribution < -0.4 is 4.57 Å². The van der Waals surface area contributed by atoms with E-state index in [9.17, 15) is 4.79 Å². The Kier molecular flexibility index (Phi) is 5.97. The Bertz CT molecular complexity index is 865. The van der Waals surface area contributed by atoms with Crippen LogP contribution in [-0.4, -0.2) is 11.0 Å². The van der Waals surface area contributed by atoms with Crippen LogP contribution in [0.25, 0.3) is 10.9 Å². The van der Waals surface area contributed by atoms with Crippen LogP contribution in [-0.2, 0) is 29.6 Å². The third-order valence-electron chi connectivity index (χ3n) is 4.11. The highest BCUT2D eigenvalue weighted by molar-refractivity contribution is 5.81. The number of aromatic amines is 1. The van der Waals surface area contributed by atoms with E-state index in [1.807, 2.05) is 36.1 Å². The van der Waals surface area contributed by atoms with Gasteiger partial charge in [0.25, 0.3) is 0 Å². The topological polar surface area (TPSA) is 46.0 Å².